The number of aryl methyl sites for hydroxylation is 1. The highest BCUT2D eigenvalue weighted by Crippen LogP contribution is 2.26. The molecular weight excluding hydrogens is 304 g/mol. The van der Waals surface area contributed by atoms with Crippen molar-refractivity contribution in [3.63, 3.8) is 0 Å². The highest BCUT2D eigenvalue weighted by molar-refractivity contribution is 5.82. The van der Waals surface area contributed by atoms with Gasteiger partial charge in [-0.2, -0.15) is 0 Å². The van der Waals surface area contributed by atoms with Crippen molar-refractivity contribution in [2.45, 2.75) is 38.9 Å². The van der Waals surface area contributed by atoms with Crippen LogP contribution in [0.25, 0.3) is 0 Å². The van der Waals surface area contributed by atoms with Gasteiger partial charge in [0.25, 0.3) is 0 Å². The minimum Gasteiger partial charge on any atom is -0.496 e. The average molecular weight is 328 g/mol. The SMILES string of the molecule is COc1ccc(C)cc1CN1CCCC1C(=O)NCc1ccco1. The molecule has 2 heterocycles. The van der Waals surface area contributed by atoms with E-state index in [9.17, 15) is 4.79 Å². The van der Waals surface area contributed by atoms with Gasteiger partial charge >= 0.3 is 0 Å². The summed E-state index contributed by atoms with van der Waals surface area (Å²) in [7, 11) is 1.69. The summed E-state index contributed by atoms with van der Waals surface area (Å²) >= 11 is 0. The number of carbonyl (C=O) groups excluding carboxylic acids is 1. The molecule has 0 aliphatic carbocycles. The Morgan fingerprint density at radius 1 is 1.42 bits per heavy atom. The molecule has 0 radical (unpaired) electrons. The third-order valence-electron chi connectivity index (χ3n) is 4.49. The Labute approximate surface area is 142 Å². The maximum atomic E-state index is 12.5. The van der Waals surface area contributed by atoms with Crippen molar-refractivity contribution in [1.82, 2.24) is 10.2 Å². The van der Waals surface area contributed by atoms with E-state index in [1.807, 2.05) is 24.3 Å². The van der Waals surface area contributed by atoms with Gasteiger partial charge in [-0.25, -0.2) is 0 Å². The van der Waals surface area contributed by atoms with Crippen LogP contribution in [-0.2, 0) is 17.9 Å². The van der Waals surface area contributed by atoms with E-state index in [1.54, 1.807) is 13.4 Å². The highest BCUT2D eigenvalue weighted by Gasteiger charge is 2.31. The number of ether oxygens (including phenoxy) is 1. The second-order valence-electron chi connectivity index (χ2n) is 6.24. The predicted octanol–water partition coefficient (Wildman–Crippen LogP) is 2.88. The topological polar surface area (TPSA) is 54.7 Å². The average Bonchev–Trinajstić information content (AvgIpc) is 3.24. The van der Waals surface area contributed by atoms with Crippen LogP contribution in [-0.4, -0.2) is 30.5 Å². The largest absolute Gasteiger partial charge is 0.496 e. The van der Waals surface area contributed by atoms with Gasteiger partial charge in [0.2, 0.25) is 5.91 Å². The zero-order valence-electron chi connectivity index (χ0n) is 14.2. The van der Waals surface area contributed by atoms with Crippen molar-refractivity contribution in [2.24, 2.45) is 0 Å². The van der Waals surface area contributed by atoms with Crippen LogP contribution in [0, 0.1) is 6.92 Å². The lowest BCUT2D eigenvalue weighted by atomic mass is 10.1. The molecule has 1 aromatic heterocycles. The van der Waals surface area contributed by atoms with Crippen LogP contribution in [0.2, 0.25) is 0 Å². The van der Waals surface area contributed by atoms with E-state index >= 15 is 0 Å². The van der Waals surface area contributed by atoms with Gasteiger partial charge in [-0.05, 0) is 44.5 Å². The smallest absolute Gasteiger partial charge is 0.237 e. The van der Waals surface area contributed by atoms with E-state index in [1.165, 1.54) is 5.56 Å². The highest BCUT2D eigenvalue weighted by atomic mass is 16.5. The molecule has 1 unspecified atom stereocenters. The third kappa shape index (κ3) is 3.79. The molecule has 1 fully saturated rings. The second kappa shape index (κ2) is 7.53. The summed E-state index contributed by atoms with van der Waals surface area (Å²) in [4.78, 5) is 14.8. The number of carbonyl (C=O) groups is 1. The number of methoxy groups -OCH3 is 1. The Hall–Kier alpha value is -2.27. The predicted molar refractivity (Wildman–Crippen MR) is 91.7 cm³/mol. The number of nitrogens with one attached hydrogen (secondary N) is 1. The third-order valence-corrected chi connectivity index (χ3v) is 4.49. The lowest BCUT2D eigenvalue weighted by Crippen LogP contribution is -2.42. The van der Waals surface area contributed by atoms with Crippen LogP contribution in [0.3, 0.4) is 0 Å². The molecule has 0 saturated carbocycles. The molecule has 1 atom stereocenters. The lowest BCUT2D eigenvalue weighted by molar-refractivity contribution is -0.125. The van der Waals surface area contributed by atoms with Crippen LogP contribution in [0.1, 0.15) is 29.7 Å². The van der Waals surface area contributed by atoms with Crippen LogP contribution in [0.4, 0.5) is 0 Å². The molecule has 2 aromatic rings. The van der Waals surface area contributed by atoms with Crippen molar-refractivity contribution in [3.05, 3.63) is 53.5 Å². The van der Waals surface area contributed by atoms with Crippen LogP contribution >= 0.6 is 0 Å². The standard InChI is InChI=1S/C19H24N2O3/c1-14-7-8-18(23-2)15(11-14)13-21-9-3-6-17(21)19(22)20-12-16-5-4-10-24-16/h4-5,7-8,10-11,17H,3,6,9,12-13H2,1-2H3,(H,20,22). The fourth-order valence-electron chi connectivity index (χ4n) is 3.27. The number of likely N-dealkylation sites (tertiary alicyclic amines) is 1. The fraction of sp³-hybridized carbons (Fsp3) is 0.421. The summed E-state index contributed by atoms with van der Waals surface area (Å²) in [5.41, 5.74) is 2.33. The number of nitrogens with zero attached hydrogens (tertiary/aromatic N) is 1. The summed E-state index contributed by atoms with van der Waals surface area (Å²) in [6.07, 6.45) is 3.54. The molecule has 0 bridgehead atoms. The van der Waals surface area contributed by atoms with Gasteiger partial charge in [-0.3, -0.25) is 9.69 Å². The number of hydrogen-bond donors (Lipinski definition) is 1. The van der Waals surface area contributed by atoms with Crippen LogP contribution < -0.4 is 10.1 Å². The minimum atomic E-state index is -0.0924. The monoisotopic (exact) mass is 328 g/mol. The Morgan fingerprint density at radius 2 is 2.29 bits per heavy atom. The Bertz CT molecular complexity index is 682. The van der Waals surface area contributed by atoms with Gasteiger partial charge < -0.3 is 14.5 Å². The van der Waals surface area contributed by atoms with Gasteiger partial charge in [0.1, 0.15) is 11.5 Å². The zero-order valence-corrected chi connectivity index (χ0v) is 14.2. The van der Waals surface area contributed by atoms with Gasteiger partial charge in [0, 0.05) is 12.1 Å². The van der Waals surface area contributed by atoms with E-state index in [0.29, 0.717) is 6.54 Å². The Balaban J connectivity index is 1.64. The molecule has 5 heteroatoms. The van der Waals surface area contributed by atoms with E-state index in [-0.39, 0.29) is 11.9 Å². The molecule has 0 spiro atoms. The molecule has 1 saturated heterocycles. The molecule has 1 N–H and O–H groups in total. The first-order valence-electron chi connectivity index (χ1n) is 8.35. The van der Waals surface area contributed by atoms with Crippen molar-refractivity contribution < 1.29 is 13.9 Å². The molecular formula is C19H24N2O3. The number of furan rings is 1. The fourth-order valence-corrected chi connectivity index (χ4v) is 3.27. The molecule has 1 amide bonds. The zero-order chi connectivity index (χ0) is 16.9. The molecule has 5 nitrogen and oxygen atoms in total. The number of benzene rings is 1. The van der Waals surface area contributed by atoms with Gasteiger partial charge in [0.05, 0.1) is 26.0 Å². The second-order valence-corrected chi connectivity index (χ2v) is 6.24. The molecule has 3 rings (SSSR count). The molecule has 1 aromatic carbocycles. The van der Waals surface area contributed by atoms with Crippen LogP contribution in [0.5, 0.6) is 5.75 Å². The number of amides is 1. The van der Waals surface area contributed by atoms with Gasteiger partial charge in [0.15, 0.2) is 0 Å². The van der Waals surface area contributed by atoms with Gasteiger partial charge in [-0.1, -0.05) is 17.7 Å². The normalized spacial score (nSPS) is 17.8. The molecule has 24 heavy (non-hydrogen) atoms. The van der Waals surface area contributed by atoms with Crippen molar-refractivity contribution >= 4 is 5.91 Å². The van der Waals surface area contributed by atoms with E-state index in [0.717, 1.165) is 43.0 Å². The van der Waals surface area contributed by atoms with Crippen molar-refractivity contribution in [3.8, 4) is 5.75 Å². The van der Waals surface area contributed by atoms with Crippen molar-refractivity contribution in [1.29, 1.82) is 0 Å². The van der Waals surface area contributed by atoms with E-state index in [4.69, 9.17) is 9.15 Å². The van der Waals surface area contributed by atoms with E-state index in [2.05, 4.69) is 23.2 Å². The quantitative estimate of drug-likeness (QED) is 0.886. The summed E-state index contributed by atoms with van der Waals surface area (Å²) in [5, 5.41) is 2.98. The Morgan fingerprint density at radius 3 is 3.04 bits per heavy atom. The first-order chi connectivity index (χ1) is 11.7. The minimum absolute atomic E-state index is 0.0653. The number of hydrogen-bond acceptors (Lipinski definition) is 4. The first kappa shape index (κ1) is 16.6. The van der Waals surface area contributed by atoms with Gasteiger partial charge in [-0.15, -0.1) is 0 Å². The number of rotatable bonds is 6. The lowest BCUT2D eigenvalue weighted by Gasteiger charge is -2.24. The summed E-state index contributed by atoms with van der Waals surface area (Å²) < 4.78 is 10.7. The maximum Gasteiger partial charge on any atom is 0.237 e. The maximum absolute atomic E-state index is 12.5. The summed E-state index contributed by atoms with van der Waals surface area (Å²) in [6, 6.07) is 9.77. The molecule has 1 aliphatic heterocycles. The summed E-state index contributed by atoms with van der Waals surface area (Å²) in [5.74, 6) is 1.71. The van der Waals surface area contributed by atoms with Crippen molar-refractivity contribution in [2.75, 3.05) is 13.7 Å². The summed E-state index contributed by atoms with van der Waals surface area (Å²) in [6.45, 7) is 4.16. The Kier molecular flexibility index (Phi) is 5.20. The van der Waals surface area contributed by atoms with E-state index < -0.39 is 0 Å². The first-order valence-corrected chi connectivity index (χ1v) is 8.35. The molecule has 1 aliphatic rings. The molecule has 128 valence electrons. The van der Waals surface area contributed by atoms with Crippen LogP contribution in [0.15, 0.2) is 41.0 Å².